The molecular weight excluding hydrogens is 219 g/mol. The van der Waals surface area contributed by atoms with Crippen molar-refractivity contribution in [3.05, 3.63) is 35.9 Å². The number of benzene rings is 1. The van der Waals surface area contributed by atoms with E-state index in [4.69, 9.17) is 10.2 Å². The zero-order valence-electron chi connectivity index (χ0n) is 10.3. The summed E-state index contributed by atoms with van der Waals surface area (Å²) in [5.41, 5.74) is -1.53. The van der Waals surface area contributed by atoms with Crippen molar-refractivity contribution in [2.75, 3.05) is 0 Å². The summed E-state index contributed by atoms with van der Waals surface area (Å²) in [6.07, 6.45) is 0.0156. The molecule has 0 spiro atoms. The first-order valence-electron chi connectivity index (χ1n) is 4.58. The van der Waals surface area contributed by atoms with Crippen LogP contribution in [0.3, 0.4) is 0 Å². The molecule has 0 fully saturated rings. The van der Waals surface area contributed by atoms with Gasteiger partial charge in [-0.25, -0.2) is 0 Å². The van der Waals surface area contributed by atoms with E-state index in [0.29, 0.717) is 5.56 Å². The molecule has 0 amide bonds. The second-order valence-electron chi connectivity index (χ2n) is 3.24. The standard InChI is InChI=1S/C11H12O4.Na.H/c1-2-11(9(12)13,10(14)15)8-6-4-3-5-7-8;;/h3-7H,2H2,1H3,(H,12,13)(H,14,15);;/q;+1;-1. The van der Waals surface area contributed by atoms with Crippen LogP contribution in [0.25, 0.3) is 0 Å². The van der Waals surface area contributed by atoms with E-state index in [1.54, 1.807) is 25.1 Å². The Morgan fingerprint density at radius 1 is 1.19 bits per heavy atom. The SMILES string of the molecule is CCC(C(=O)O)(C(=O)O)c1ccccc1.[H-].[Na+]. The molecule has 0 heterocycles. The van der Waals surface area contributed by atoms with E-state index in [0.717, 1.165) is 0 Å². The van der Waals surface area contributed by atoms with Crippen molar-refractivity contribution in [2.45, 2.75) is 18.8 Å². The molecule has 0 saturated carbocycles. The third-order valence-electron chi connectivity index (χ3n) is 2.53. The van der Waals surface area contributed by atoms with Gasteiger partial charge >= 0.3 is 41.5 Å². The van der Waals surface area contributed by atoms with Crippen LogP contribution < -0.4 is 29.6 Å². The van der Waals surface area contributed by atoms with Gasteiger partial charge in [0.2, 0.25) is 0 Å². The molecule has 0 aliphatic heterocycles. The topological polar surface area (TPSA) is 74.6 Å². The smallest absolute Gasteiger partial charge is 1.00 e. The minimum Gasteiger partial charge on any atom is -1.00 e. The van der Waals surface area contributed by atoms with Crippen LogP contribution in [-0.2, 0) is 15.0 Å². The molecule has 1 aromatic carbocycles. The van der Waals surface area contributed by atoms with Crippen molar-refractivity contribution in [1.82, 2.24) is 0 Å². The Hall–Kier alpha value is -0.840. The molecule has 0 radical (unpaired) electrons. The van der Waals surface area contributed by atoms with E-state index in [9.17, 15) is 9.59 Å². The van der Waals surface area contributed by atoms with E-state index in [2.05, 4.69) is 0 Å². The Labute approximate surface area is 117 Å². The second-order valence-corrected chi connectivity index (χ2v) is 3.24. The summed E-state index contributed by atoms with van der Waals surface area (Å²) in [6.45, 7) is 1.55. The van der Waals surface area contributed by atoms with Crippen molar-refractivity contribution in [3.63, 3.8) is 0 Å². The van der Waals surface area contributed by atoms with E-state index in [-0.39, 0.29) is 37.4 Å². The summed E-state index contributed by atoms with van der Waals surface area (Å²) >= 11 is 0. The molecule has 0 aliphatic rings. The van der Waals surface area contributed by atoms with Gasteiger partial charge in [0.05, 0.1) is 0 Å². The number of rotatable bonds is 4. The summed E-state index contributed by atoms with van der Waals surface area (Å²) in [4.78, 5) is 22.2. The molecule has 82 valence electrons. The van der Waals surface area contributed by atoms with Crippen LogP contribution in [0.4, 0.5) is 0 Å². The normalized spacial score (nSPS) is 10.3. The van der Waals surface area contributed by atoms with Crippen molar-refractivity contribution in [1.29, 1.82) is 0 Å². The monoisotopic (exact) mass is 232 g/mol. The molecule has 0 atom stereocenters. The minimum atomic E-state index is -1.83. The number of carbonyl (C=O) groups is 2. The van der Waals surface area contributed by atoms with E-state index in [1.807, 2.05) is 0 Å². The molecule has 5 heteroatoms. The number of aliphatic carboxylic acids is 2. The van der Waals surface area contributed by atoms with Crippen LogP contribution in [0.15, 0.2) is 30.3 Å². The van der Waals surface area contributed by atoms with E-state index >= 15 is 0 Å². The van der Waals surface area contributed by atoms with Crippen LogP contribution in [0.5, 0.6) is 0 Å². The molecule has 0 aliphatic carbocycles. The fourth-order valence-corrected chi connectivity index (χ4v) is 1.57. The van der Waals surface area contributed by atoms with Crippen LogP contribution >= 0.6 is 0 Å². The van der Waals surface area contributed by atoms with E-state index < -0.39 is 17.4 Å². The molecule has 0 aromatic heterocycles. The Morgan fingerprint density at radius 3 is 1.94 bits per heavy atom. The van der Waals surface area contributed by atoms with Crippen LogP contribution in [0.2, 0.25) is 0 Å². The van der Waals surface area contributed by atoms with Crippen molar-refractivity contribution in [3.8, 4) is 0 Å². The van der Waals surface area contributed by atoms with Gasteiger partial charge in [-0.3, -0.25) is 9.59 Å². The quantitative estimate of drug-likeness (QED) is 0.495. The summed E-state index contributed by atoms with van der Waals surface area (Å²) in [5.74, 6) is -2.66. The second kappa shape index (κ2) is 6.03. The first kappa shape index (κ1) is 15.2. The first-order chi connectivity index (χ1) is 7.05. The molecule has 2 N–H and O–H groups in total. The van der Waals surface area contributed by atoms with Crippen LogP contribution in [-0.4, -0.2) is 22.2 Å². The molecular formula is C11H13NaO4. The Bertz CT molecular complexity index is 366. The van der Waals surface area contributed by atoms with Gasteiger partial charge < -0.3 is 11.6 Å². The molecule has 1 rings (SSSR count). The number of carboxylic acid groups (broad SMARTS) is 2. The maximum Gasteiger partial charge on any atom is 1.00 e. The van der Waals surface area contributed by atoms with Gasteiger partial charge in [-0.05, 0) is 12.0 Å². The fourth-order valence-electron chi connectivity index (χ4n) is 1.57. The van der Waals surface area contributed by atoms with Crippen LogP contribution in [0.1, 0.15) is 20.3 Å². The fraction of sp³-hybridized carbons (Fsp3) is 0.273. The van der Waals surface area contributed by atoms with Crippen LogP contribution in [0, 0.1) is 0 Å². The predicted octanol–water partition coefficient (Wildman–Crippen LogP) is -1.38. The summed E-state index contributed by atoms with van der Waals surface area (Å²) < 4.78 is 0. The van der Waals surface area contributed by atoms with Crippen molar-refractivity contribution in [2.24, 2.45) is 0 Å². The summed E-state index contributed by atoms with van der Waals surface area (Å²) in [7, 11) is 0. The van der Waals surface area contributed by atoms with Gasteiger partial charge in [-0.1, -0.05) is 37.3 Å². The van der Waals surface area contributed by atoms with Crippen molar-refractivity contribution >= 4 is 11.9 Å². The molecule has 1 aromatic rings. The molecule has 0 bridgehead atoms. The third-order valence-corrected chi connectivity index (χ3v) is 2.53. The Morgan fingerprint density at radius 2 is 1.62 bits per heavy atom. The number of hydrogen-bond acceptors (Lipinski definition) is 2. The number of carboxylic acids is 2. The summed E-state index contributed by atoms with van der Waals surface area (Å²) in [6, 6.07) is 8.02. The van der Waals surface area contributed by atoms with Gasteiger partial charge in [-0.2, -0.15) is 0 Å². The largest absolute Gasteiger partial charge is 1.00 e. The number of hydrogen-bond donors (Lipinski definition) is 2. The minimum absolute atomic E-state index is 0. The maximum absolute atomic E-state index is 11.1. The van der Waals surface area contributed by atoms with Gasteiger partial charge in [0, 0.05) is 0 Å². The first-order valence-corrected chi connectivity index (χ1v) is 4.58. The average Bonchev–Trinajstić information content (AvgIpc) is 2.20. The van der Waals surface area contributed by atoms with Gasteiger partial charge in [0.25, 0.3) is 0 Å². The summed E-state index contributed by atoms with van der Waals surface area (Å²) in [5, 5.41) is 18.1. The van der Waals surface area contributed by atoms with Gasteiger partial charge in [0.1, 0.15) is 0 Å². The molecule has 0 unspecified atom stereocenters. The van der Waals surface area contributed by atoms with Gasteiger partial charge in [0.15, 0.2) is 5.41 Å². The molecule has 4 nitrogen and oxygen atoms in total. The molecule has 16 heavy (non-hydrogen) atoms. The van der Waals surface area contributed by atoms with Gasteiger partial charge in [-0.15, -0.1) is 0 Å². The predicted molar refractivity (Wildman–Crippen MR) is 54.8 cm³/mol. The van der Waals surface area contributed by atoms with E-state index in [1.165, 1.54) is 12.1 Å². The zero-order valence-corrected chi connectivity index (χ0v) is 11.3. The third kappa shape index (κ3) is 2.45. The average molecular weight is 232 g/mol. The Kier molecular flexibility index (Phi) is 5.72. The molecule has 0 saturated heterocycles. The zero-order chi connectivity index (χ0) is 11.5. The maximum atomic E-state index is 11.1. The van der Waals surface area contributed by atoms with Crippen molar-refractivity contribution < 1.29 is 50.8 Å². The Balaban J connectivity index is 0.